The molecule has 4 rings (SSSR count). The highest BCUT2D eigenvalue weighted by atomic mass is 16.5. The van der Waals surface area contributed by atoms with Gasteiger partial charge in [0.2, 0.25) is 5.91 Å². The highest BCUT2D eigenvalue weighted by Gasteiger charge is 2.20. The molecule has 1 aliphatic rings. The zero-order valence-electron chi connectivity index (χ0n) is 20.0. The normalized spacial score (nSPS) is 14.2. The van der Waals surface area contributed by atoms with Crippen molar-refractivity contribution < 1.29 is 19.0 Å². The molecule has 0 unspecified atom stereocenters. The summed E-state index contributed by atoms with van der Waals surface area (Å²) in [5.74, 6) is 1.15. The lowest BCUT2D eigenvalue weighted by atomic mass is 10.1. The van der Waals surface area contributed by atoms with E-state index < -0.39 is 0 Å². The van der Waals surface area contributed by atoms with Gasteiger partial charge in [0.05, 0.1) is 44.9 Å². The molecule has 0 saturated carbocycles. The van der Waals surface area contributed by atoms with Crippen molar-refractivity contribution in [3.05, 3.63) is 57.6 Å². The first kappa shape index (κ1) is 23.7. The molecule has 1 fully saturated rings. The SMILES string of the molecule is COc1cc2nc(CN3CCOCC3)n(CC(=O)Nc3cccc(C)c3C)c(=O)c2cc1OC. The molecule has 180 valence electrons. The Kier molecular flexibility index (Phi) is 7.14. The first-order chi connectivity index (χ1) is 16.4. The van der Waals surface area contributed by atoms with Crippen LogP contribution in [0.15, 0.2) is 35.1 Å². The van der Waals surface area contributed by atoms with Crippen molar-refractivity contribution in [2.24, 2.45) is 0 Å². The third-order valence-electron chi connectivity index (χ3n) is 6.19. The number of aromatic nitrogens is 2. The third kappa shape index (κ3) is 4.90. The molecule has 1 aliphatic heterocycles. The number of rotatable bonds is 7. The lowest BCUT2D eigenvalue weighted by Crippen LogP contribution is -2.39. The quantitative estimate of drug-likeness (QED) is 0.572. The maximum Gasteiger partial charge on any atom is 0.262 e. The fourth-order valence-corrected chi connectivity index (χ4v) is 4.06. The number of fused-ring (bicyclic) bond motifs is 1. The Bertz CT molecular complexity index is 1260. The van der Waals surface area contributed by atoms with E-state index in [0.29, 0.717) is 48.0 Å². The van der Waals surface area contributed by atoms with Crippen LogP contribution in [0.25, 0.3) is 10.9 Å². The highest BCUT2D eigenvalue weighted by Crippen LogP contribution is 2.30. The smallest absolute Gasteiger partial charge is 0.262 e. The molecule has 0 bridgehead atoms. The van der Waals surface area contributed by atoms with Crippen molar-refractivity contribution in [2.45, 2.75) is 26.9 Å². The molecule has 1 saturated heterocycles. The standard InChI is InChI=1S/C25H30N4O5/c1-16-6-5-7-19(17(16)2)27-24(30)15-29-23(14-28-8-10-34-11-9-28)26-20-13-22(33-4)21(32-3)12-18(20)25(29)31/h5-7,12-13H,8-11,14-15H2,1-4H3,(H,27,30). The highest BCUT2D eigenvalue weighted by molar-refractivity contribution is 5.92. The van der Waals surface area contributed by atoms with Crippen LogP contribution in [0.1, 0.15) is 17.0 Å². The van der Waals surface area contributed by atoms with Crippen molar-refractivity contribution in [1.82, 2.24) is 14.5 Å². The molecule has 0 aliphatic carbocycles. The molecular weight excluding hydrogens is 436 g/mol. The molecule has 1 amide bonds. The number of morpholine rings is 1. The molecule has 0 radical (unpaired) electrons. The van der Waals surface area contributed by atoms with Gasteiger partial charge in [-0.15, -0.1) is 0 Å². The Balaban J connectivity index is 1.74. The monoisotopic (exact) mass is 466 g/mol. The molecule has 9 heteroatoms. The predicted octanol–water partition coefficient (Wildman–Crippen LogP) is 2.50. The van der Waals surface area contributed by atoms with Gasteiger partial charge in [-0.2, -0.15) is 0 Å². The Morgan fingerprint density at radius 2 is 1.82 bits per heavy atom. The fraction of sp³-hybridized carbons (Fsp3) is 0.400. The second-order valence-electron chi connectivity index (χ2n) is 8.33. The van der Waals surface area contributed by atoms with Crippen molar-refractivity contribution in [3.63, 3.8) is 0 Å². The van der Waals surface area contributed by atoms with E-state index in [4.69, 9.17) is 19.2 Å². The van der Waals surface area contributed by atoms with E-state index in [0.717, 1.165) is 29.9 Å². The lowest BCUT2D eigenvalue weighted by Gasteiger charge is -2.27. The molecule has 0 atom stereocenters. The van der Waals surface area contributed by atoms with E-state index in [9.17, 15) is 9.59 Å². The Labute approximate surface area is 198 Å². The van der Waals surface area contributed by atoms with Gasteiger partial charge in [0, 0.05) is 24.8 Å². The van der Waals surface area contributed by atoms with Gasteiger partial charge in [0.15, 0.2) is 11.5 Å². The maximum absolute atomic E-state index is 13.6. The van der Waals surface area contributed by atoms with E-state index in [1.165, 1.54) is 18.8 Å². The summed E-state index contributed by atoms with van der Waals surface area (Å²) < 4.78 is 17.7. The zero-order chi connectivity index (χ0) is 24.2. The number of amides is 1. The summed E-state index contributed by atoms with van der Waals surface area (Å²) in [6, 6.07) is 9.05. The van der Waals surface area contributed by atoms with E-state index in [1.807, 2.05) is 32.0 Å². The summed E-state index contributed by atoms with van der Waals surface area (Å²) in [5.41, 5.74) is 3.00. The van der Waals surface area contributed by atoms with Crippen molar-refractivity contribution in [1.29, 1.82) is 0 Å². The van der Waals surface area contributed by atoms with Crippen molar-refractivity contribution in [2.75, 3.05) is 45.8 Å². The van der Waals surface area contributed by atoms with E-state index in [2.05, 4.69) is 10.2 Å². The minimum Gasteiger partial charge on any atom is -0.493 e. The summed E-state index contributed by atoms with van der Waals surface area (Å²) in [6.45, 7) is 6.93. The molecule has 1 N–H and O–H groups in total. The lowest BCUT2D eigenvalue weighted by molar-refractivity contribution is -0.116. The van der Waals surface area contributed by atoms with Crippen LogP contribution < -0.4 is 20.3 Å². The first-order valence-electron chi connectivity index (χ1n) is 11.2. The summed E-state index contributed by atoms with van der Waals surface area (Å²) in [5, 5.41) is 3.31. The van der Waals surface area contributed by atoms with Gasteiger partial charge in [-0.3, -0.25) is 19.1 Å². The fourth-order valence-electron chi connectivity index (χ4n) is 4.06. The predicted molar refractivity (Wildman–Crippen MR) is 130 cm³/mol. The Morgan fingerprint density at radius 3 is 2.53 bits per heavy atom. The summed E-state index contributed by atoms with van der Waals surface area (Å²) >= 11 is 0. The van der Waals surface area contributed by atoms with Gasteiger partial charge in [-0.25, -0.2) is 4.98 Å². The average molecular weight is 467 g/mol. The number of nitrogens with zero attached hydrogens (tertiary/aromatic N) is 3. The number of hydrogen-bond acceptors (Lipinski definition) is 7. The molecule has 9 nitrogen and oxygen atoms in total. The molecule has 3 aromatic rings. The van der Waals surface area contributed by atoms with Crippen LogP contribution in [0.5, 0.6) is 11.5 Å². The number of carbonyl (C=O) groups excluding carboxylic acids is 1. The largest absolute Gasteiger partial charge is 0.493 e. The number of anilines is 1. The minimum atomic E-state index is -0.301. The van der Waals surface area contributed by atoms with Crippen LogP contribution in [-0.4, -0.2) is 60.9 Å². The number of benzene rings is 2. The molecule has 34 heavy (non-hydrogen) atoms. The minimum absolute atomic E-state index is 0.150. The van der Waals surface area contributed by atoms with Gasteiger partial charge < -0.3 is 19.5 Å². The number of methoxy groups -OCH3 is 2. The summed E-state index contributed by atoms with van der Waals surface area (Å²) in [6.07, 6.45) is 0. The van der Waals surface area contributed by atoms with Gasteiger partial charge in [-0.05, 0) is 37.1 Å². The number of nitrogens with one attached hydrogen (secondary N) is 1. The van der Waals surface area contributed by atoms with Crippen LogP contribution in [0, 0.1) is 13.8 Å². The molecule has 0 spiro atoms. The molecular formula is C25H30N4O5. The van der Waals surface area contributed by atoms with Crippen LogP contribution in [0.3, 0.4) is 0 Å². The van der Waals surface area contributed by atoms with E-state index in [1.54, 1.807) is 12.1 Å². The zero-order valence-corrected chi connectivity index (χ0v) is 20.0. The number of ether oxygens (including phenoxy) is 3. The van der Waals surface area contributed by atoms with Gasteiger partial charge >= 0.3 is 0 Å². The molecule has 2 aromatic carbocycles. The average Bonchev–Trinajstić information content (AvgIpc) is 2.84. The number of hydrogen-bond donors (Lipinski definition) is 1. The summed E-state index contributed by atoms with van der Waals surface area (Å²) in [7, 11) is 3.05. The topological polar surface area (TPSA) is 94.9 Å². The van der Waals surface area contributed by atoms with Crippen molar-refractivity contribution >= 4 is 22.5 Å². The maximum atomic E-state index is 13.6. The van der Waals surface area contributed by atoms with Gasteiger partial charge in [0.1, 0.15) is 12.4 Å². The number of aryl methyl sites for hydroxylation is 1. The van der Waals surface area contributed by atoms with Crippen LogP contribution in [0.2, 0.25) is 0 Å². The Hall–Kier alpha value is -3.43. The Morgan fingerprint density at radius 1 is 1.12 bits per heavy atom. The first-order valence-corrected chi connectivity index (χ1v) is 11.2. The molecule has 2 heterocycles. The van der Waals surface area contributed by atoms with Crippen LogP contribution >= 0.6 is 0 Å². The van der Waals surface area contributed by atoms with Crippen LogP contribution in [0.4, 0.5) is 5.69 Å². The summed E-state index contributed by atoms with van der Waals surface area (Å²) in [4.78, 5) is 33.5. The second-order valence-corrected chi connectivity index (χ2v) is 8.33. The van der Waals surface area contributed by atoms with Crippen molar-refractivity contribution in [3.8, 4) is 11.5 Å². The third-order valence-corrected chi connectivity index (χ3v) is 6.19. The van der Waals surface area contributed by atoms with E-state index >= 15 is 0 Å². The van der Waals surface area contributed by atoms with E-state index in [-0.39, 0.29) is 18.0 Å². The van der Waals surface area contributed by atoms with Gasteiger partial charge in [0.25, 0.3) is 5.56 Å². The second kappa shape index (κ2) is 10.2. The van der Waals surface area contributed by atoms with Gasteiger partial charge in [-0.1, -0.05) is 12.1 Å². The molecule has 1 aromatic heterocycles. The van der Waals surface area contributed by atoms with Crippen LogP contribution in [-0.2, 0) is 22.6 Å². The number of carbonyl (C=O) groups is 1.